The van der Waals surface area contributed by atoms with Crippen molar-refractivity contribution >= 4 is 35.2 Å². The van der Waals surface area contributed by atoms with Crippen molar-refractivity contribution in [2.24, 2.45) is 0 Å². The SMILES string of the molecule is O=C(CSc1nnc(N2CCCC2)n1C1CC1)NNC(=O)c1cccc([N+](=O)[O-])c1. The Kier molecular flexibility index (Phi) is 5.84. The number of hydrogen-bond donors (Lipinski definition) is 2. The molecule has 0 unspecified atom stereocenters. The van der Waals surface area contributed by atoms with Crippen molar-refractivity contribution in [3.8, 4) is 0 Å². The quantitative estimate of drug-likeness (QED) is 0.384. The maximum atomic E-state index is 12.2. The minimum atomic E-state index is -0.630. The molecule has 1 aromatic carbocycles. The summed E-state index contributed by atoms with van der Waals surface area (Å²) in [6, 6.07) is 5.66. The van der Waals surface area contributed by atoms with E-state index in [1.165, 1.54) is 30.0 Å². The molecule has 2 aromatic rings. The lowest BCUT2D eigenvalue weighted by Crippen LogP contribution is -2.42. The Morgan fingerprint density at radius 2 is 1.97 bits per heavy atom. The molecule has 2 aliphatic rings. The Morgan fingerprint density at radius 1 is 1.20 bits per heavy atom. The minimum absolute atomic E-state index is 0.0556. The first kappa shape index (κ1) is 20.1. The number of thioether (sulfide) groups is 1. The number of benzene rings is 1. The predicted octanol–water partition coefficient (Wildman–Crippen LogP) is 1.67. The molecule has 0 spiro atoms. The number of carbonyl (C=O) groups is 2. The summed E-state index contributed by atoms with van der Waals surface area (Å²) in [5.41, 5.74) is 4.49. The number of aromatic nitrogens is 3. The number of carbonyl (C=O) groups excluding carboxylic acids is 2. The average Bonchev–Trinajstić information content (AvgIpc) is 3.26. The van der Waals surface area contributed by atoms with Gasteiger partial charge < -0.3 is 4.90 Å². The lowest BCUT2D eigenvalue weighted by Gasteiger charge is -2.17. The Bertz CT molecular complexity index is 969. The Labute approximate surface area is 176 Å². The summed E-state index contributed by atoms with van der Waals surface area (Å²) in [5, 5.41) is 20.1. The van der Waals surface area contributed by atoms with Gasteiger partial charge in [0.1, 0.15) is 0 Å². The van der Waals surface area contributed by atoms with Crippen molar-refractivity contribution in [2.45, 2.75) is 36.9 Å². The van der Waals surface area contributed by atoms with E-state index in [9.17, 15) is 19.7 Å². The number of non-ortho nitro benzene ring substituents is 1. The number of nitrogens with zero attached hydrogens (tertiary/aromatic N) is 5. The smallest absolute Gasteiger partial charge is 0.270 e. The van der Waals surface area contributed by atoms with Gasteiger partial charge in [-0.3, -0.25) is 35.1 Å². The number of rotatable bonds is 7. The highest BCUT2D eigenvalue weighted by Crippen LogP contribution is 2.41. The average molecular weight is 431 g/mol. The van der Waals surface area contributed by atoms with E-state index in [1.807, 2.05) is 0 Å². The highest BCUT2D eigenvalue weighted by atomic mass is 32.2. The third kappa shape index (κ3) is 4.53. The molecule has 1 aliphatic carbocycles. The zero-order valence-corrected chi connectivity index (χ0v) is 16.9. The van der Waals surface area contributed by atoms with Crippen molar-refractivity contribution in [3.05, 3.63) is 39.9 Å². The number of hydrogen-bond acceptors (Lipinski definition) is 8. The van der Waals surface area contributed by atoms with E-state index in [0.717, 1.165) is 50.8 Å². The highest BCUT2D eigenvalue weighted by molar-refractivity contribution is 7.99. The fourth-order valence-electron chi connectivity index (χ4n) is 3.28. The third-order valence-electron chi connectivity index (χ3n) is 4.91. The molecule has 2 fully saturated rings. The lowest BCUT2D eigenvalue weighted by molar-refractivity contribution is -0.384. The molecule has 0 atom stereocenters. The van der Waals surface area contributed by atoms with Crippen LogP contribution in [0.25, 0.3) is 0 Å². The largest absolute Gasteiger partial charge is 0.341 e. The topological polar surface area (TPSA) is 135 Å². The zero-order chi connectivity index (χ0) is 21.1. The van der Waals surface area contributed by atoms with Crippen LogP contribution >= 0.6 is 11.8 Å². The van der Waals surface area contributed by atoms with Crippen molar-refractivity contribution in [1.82, 2.24) is 25.6 Å². The van der Waals surface area contributed by atoms with Gasteiger partial charge in [0.2, 0.25) is 11.9 Å². The molecule has 30 heavy (non-hydrogen) atoms. The van der Waals surface area contributed by atoms with E-state index in [-0.39, 0.29) is 17.0 Å². The van der Waals surface area contributed by atoms with Gasteiger partial charge in [-0.15, -0.1) is 10.2 Å². The molecule has 1 aliphatic heterocycles. The molecular weight excluding hydrogens is 410 g/mol. The monoisotopic (exact) mass is 431 g/mol. The molecule has 11 nitrogen and oxygen atoms in total. The van der Waals surface area contributed by atoms with E-state index >= 15 is 0 Å². The normalized spacial score (nSPS) is 15.8. The van der Waals surface area contributed by atoms with Crippen LogP contribution in [0, 0.1) is 10.1 Å². The van der Waals surface area contributed by atoms with E-state index in [4.69, 9.17) is 0 Å². The summed E-state index contributed by atoms with van der Waals surface area (Å²) in [6.45, 7) is 1.94. The number of amides is 2. The molecule has 1 saturated heterocycles. The molecule has 0 bridgehead atoms. The van der Waals surface area contributed by atoms with Crippen molar-refractivity contribution < 1.29 is 14.5 Å². The fourth-order valence-corrected chi connectivity index (χ4v) is 4.08. The van der Waals surface area contributed by atoms with Crippen LogP contribution in [0.4, 0.5) is 11.6 Å². The fraction of sp³-hybridized carbons (Fsp3) is 0.444. The van der Waals surface area contributed by atoms with E-state index in [0.29, 0.717) is 11.2 Å². The summed E-state index contributed by atoms with van der Waals surface area (Å²) in [7, 11) is 0. The molecule has 1 saturated carbocycles. The van der Waals surface area contributed by atoms with Gasteiger partial charge in [-0.25, -0.2) is 0 Å². The summed E-state index contributed by atoms with van der Waals surface area (Å²) in [6.07, 6.45) is 4.45. The highest BCUT2D eigenvalue weighted by Gasteiger charge is 2.32. The lowest BCUT2D eigenvalue weighted by atomic mass is 10.2. The molecule has 0 radical (unpaired) electrons. The van der Waals surface area contributed by atoms with Crippen LogP contribution in [0.5, 0.6) is 0 Å². The predicted molar refractivity (Wildman–Crippen MR) is 109 cm³/mol. The molecule has 4 rings (SSSR count). The first-order valence-electron chi connectivity index (χ1n) is 9.69. The van der Waals surface area contributed by atoms with Crippen molar-refractivity contribution in [3.63, 3.8) is 0 Å². The number of nitro benzene ring substituents is 1. The van der Waals surface area contributed by atoms with Crippen LogP contribution in [0.3, 0.4) is 0 Å². The summed E-state index contributed by atoms with van der Waals surface area (Å²) < 4.78 is 2.12. The first-order valence-corrected chi connectivity index (χ1v) is 10.7. The number of nitro groups is 1. The molecular formula is C18H21N7O4S. The standard InChI is InChI=1S/C18H21N7O4S/c26-15(19-20-16(27)12-4-3-5-14(10-12)25(28)29)11-30-18-22-21-17(23-8-1-2-9-23)24(18)13-6-7-13/h3-5,10,13H,1-2,6-9,11H2,(H,19,26)(H,20,27). The summed E-state index contributed by atoms with van der Waals surface area (Å²) in [4.78, 5) is 36.7. The van der Waals surface area contributed by atoms with Crippen LogP contribution in [0.1, 0.15) is 42.1 Å². The number of hydrazine groups is 1. The van der Waals surface area contributed by atoms with Crippen LogP contribution in [-0.4, -0.2) is 50.3 Å². The molecule has 2 heterocycles. The second-order valence-electron chi connectivity index (χ2n) is 7.18. The van der Waals surface area contributed by atoms with Crippen LogP contribution in [-0.2, 0) is 4.79 Å². The number of nitrogens with one attached hydrogen (secondary N) is 2. The molecule has 2 N–H and O–H groups in total. The van der Waals surface area contributed by atoms with Gasteiger partial charge in [-0.2, -0.15) is 0 Å². The number of anilines is 1. The van der Waals surface area contributed by atoms with Crippen LogP contribution in [0.2, 0.25) is 0 Å². The minimum Gasteiger partial charge on any atom is -0.341 e. The van der Waals surface area contributed by atoms with Crippen LogP contribution < -0.4 is 15.8 Å². The van der Waals surface area contributed by atoms with Gasteiger partial charge in [0.05, 0.1) is 10.7 Å². The summed E-state index contributed by atoms with van der Waals surface area (Å²) in [5.74, 6) is -0.113. The van der Waals surface area contributed by atoms with Gasteiger partial charge in [-0.1, -0.05) is 17.8 Å². The molecule has 158 valence electrons. The Morgan fingerprint density at radius 3 is 2.67 bits per heavy atom. The van der Waals surface area contributed by atoms with E-state index < -0.39 is 16.7 Å². The molecule has 2 amide bonds. The Hall–Kier alpha value is -3.15. The maximum Gasteiger partial charge on any atom is 0.270 e. The second kappa shape index (κ2) is 8.69. The zero-order valence-electron chi connectivity index (χ0n) is 16.1. The van der Waals surface area contributed by atoms with Gasteiger partial charge in [0.25, 0.3) is 11.6 Å². The second-order valence-corrected chi connectivity index (χ2v) is 8.12. The molecule has 12 heteroatoms. The summed E-state index contributed by atoms with van der Waals surface area (Å²) >= 11 is 1.27. The first-order chi connectivity index (χ1) is 14.5. The van der Waals surface area contributed by atoms with Crippen molar-refractivity contribution in [1.29, 1.82) is 0 Å². The van der Waals surface area contributed by atoms with Gasteiger partial charge in [0.15, 0.2) is 5.16 Å². The van der Waals surface area contributed by atoms with Crippen LogP contribution in [0.15, 0.2) is 29.4 Å². The van der Waals surface area contributed by atoms with Gasteiger partial charge in [0, 0.05) is 36.8 Å². The van der Waals surface area contributed by atoms with Gasteiger partial charge >= 0.3 is 0 Å². The third-order valence-corrected chi connectivity index (χ3v) is 5.86. The van der Waals surface area contributed by atoms with Crippen molar-refractivity contribution in [2.75, 3.05) is 23.7 Å². The Balaban J connectivity index is 1.31. The van der Waals surface area contributed by atoms with Gasteiger partial charge in [-0.05, 0) is 31.7 Å². The van der Waals surface area contributed by atoms with E-state index in [1.54, 1.807) is 0 Å². The maximum absolute atomic E-state index is 12.2. The van der Waals surface area contributed by atoms with E-state index in [2.05, 4.69) is 30.5 Å². The molecule has 1 aromatic heterocycles.